The van der Waals surface area contributed by atoms with Crippen molar-refractivity contribution in [1.82, 2.24) is 10.2 Å². The van der Waals surface area contributed by atoms with Crippen LogP contribution in [0.3, 0.4) is 0 Å². The van der Waals surface area contributed by atoms with Gasteiger partial charge in [0, 0.05) is 5.69 Å². The van der Waals surface area contributed by atoms with Crippen LogP contribution >= 0.6 is 23.1 Å². The van der Waals surface area contributed by atoms with E-state index >= 15 is 0 Å². The van der Waals surface area contributed by atoms with Crippen molar-refractivity contribution in [2.24, 2.45) is 0 Å². The van der Waals surface area contributed by atoms with Crippen LogP contribution < -0.4 is 11.1 Å². The molecule has 0 atom stereocenters. The van der Waals surface area contributed by atoms with Gasteiger partial charge in [-0.2, -0.15) is 5.26 Å². The van der Waals surface area contributed by atoms with Gasteiger partial charge in [0.1, 0.15) is 0 Å². The Morgan fingerprint density at radius 1 is 1.40 bits per heavy atom. The van der Waals surface area contributed by atoms with Crippen LogP contribution in [0.25, 0.3) is 0 Å². The number of nitrogens with two attached hydrogens (primary N) is 1. The molecule has 0 spiro atoms. The molecule has 0 saturated carbocycles. The number of nitrogens with zero attached hydrogens (tertiary/aromatic N) is 3. The number of nitrogen functional groups attached to an aromatic ring is 1. The molecule has 0 bridgehead atoms. The van der Waals surface area contributed by atoms with Gasteiger partial charge in [-0.25, -0.2) is 0 Å². The van der Waals surface area contributed by atoms with Crippen molar-refractivity contribution < 1.29 is 4.79 Å². The fraction of sp³-hybridized carbons (Fsp3) is 0.167. The number of carbonyl (C=O) groups is 1. The highest BCUT2D eigenvalue weighted by Crippen LogP contribution is 2.23. The summed E-state index contributed by atoms with van der Waals surface area (Å²) in [5, 5.41) is 19.2. The molecule has 3 N–H and O–H groups in total. The molecule has 1 aromatic heterocycles. The zero-order valence-corrected chi connectivity index (χ0v) is 12.0. The van der Waals surface area contributed by atoms with E-state index in [9.17, 15) is 4.79 Å². The van der Waals surface area contributed by atoms with Crippen molar-refractivity contribution in [2.45, 2.75) is 10.8 Å². The first-order valence-corrected chi connectivity index (χ1v) is 7.45. The fourth-order valence-corrected chi connectivity index (χ4v) is 2.84. The van der Waals surface area contributed by atoms with Crippen LogP contribution in [-0.4, -0.2) is 21.9 Å². The van der Waals surface area contributed by atoms with Gasteiger partial charge < -0.3 is 11.1 Å². The summed E-state index contributed by atoms with van der Waals surface area (Å²) in [4.78, 5) is 11.7. The highest BCUT2D eigenvalue weighted by molar-refractivity contribution is 8.01. The monoisotopic (exact) mass is 305 g/mol. The minimum atomic E-state index is -0.128. The second-order valence-electron chi connectivity index (χ2n) is 3.77. The van der Waals surface area contributed by atoms with Gasteiger partial charge in [-0.15, -0.1) is 10.2 Å². The number of rotatable bonds is 5. The number of anilines is 2. The Morgan fingerprint density at radius 3 is 2.75 bits per heavy atom. The maximum absolute atomic E-state index is 11.7. The van der Waals surface area contributed by atoms with Gasteiger partial charge in [0.25, 0.3) is 0 Å². The Labute approximate surface area is 124 Å². The lowest BCUT2D eigenvalue weighted by atomic mass is 10.1. The van der Waals surface area contributed by atoms with Crippen molar-refractivity contribution in [3.05, 3.63) is 29.8 Å². The Kier molecular flexibility index (Phi) is 4.92. The first kappa shape index (κ1) is 14.3. The van der Waals surface area contributed by atoms with Gasteiger partial charge >= 0.3 is 0 Å². The molecule has 1 aromatic carbocycles. The molecule has 6 nitrogen and oxygen atoms in total. The van der Waals surface area contributed by atoms with Crippen molar-refractivity contribution in [3.63, 3.8) is 0 Å². The number of carbonyl (C=O) groups excluding carboxylic acids is 1. The molecule has 20 heavy (non-hydrogen) atoms. The lowest BCUT2D eigenvalue weighted by Crippen LogP contribution is -2.13. The molecular weight excluding hydrogens is 294 g/mol. The van der Waals surface area contributed by atoms with Gasteiger partial charge in [0.2, 0.25) is 11.0 Å². The summed E-state index contributed by atoms with van der Waals surface area (Å²) in [6.07, 6.45) is 0.364. The number of benzene rings is 1. The summed E-state index contributed by atoms with van der Waals surface area (Å²) < 4.78 is 0.669. The van der Waals surface area contributed by atoms with Crippen LogP contribution in [0.5, 0.6) is 0 Å². The molecule has 1 amide bonds. The Morgan fingerprint density at radius 2 is 2.15 bits per heavy atom. The van der Waals surface area contributed by atoms with Gasteiger partial charge in [-0.1, -0.05) is 35.2 Å². The van der Waals surface area contributed by atoms with Crippen LogP contribution in [0.15, 0.2) is 28.6 Å². The Bertz CT molecular complexity index is 632. The van der Waals surface area contributed by atoms with Crippen LogP contribution in [-0.2, 0) is 11.2 Å². The predicted molar refractivity (Wildman–Crippen MR) is 79.4 cm³/mol. The third-order valence-electron chi connectivity index (χ3n) is 2.27. The van der Waals surface area contributed by atoms with E-state index in [0.29, 0.717) is 21.6 Å². The van der Waals surface area contributed by atoms with E-state index in [1.165, 1.54) is 23.1 Å². The van der Waals surface area contributed by atoms with E-state index in [2.05, 4.69) is 21.6 Å². The quantitative estimate of drug-likeness (QED) is 0.818. The molecule has 102 valence electrons. The summed E-state index contributed by atoms with van der Waals surface area (Å²) in [5.41, 5.74) is 7.08. The molecule has 2 rings (SSSR count). The zero-order chi connectivity index (χ0) is 14.4. The molecule has 2 aromatic rings. The first-order chi connectivity index (χ1) is 9.67. The number of hydrogen-bond donors (Lipinski definition) is 2. The van der Waals surface area contributed by atoms with Gasteiger partial charge in [-0.3, -0.25) is 4.79 Å². The van der Waals surface area contributed by atoms with Crippen LogP contribution in [0.4, 0.5) is 10.8 Å². The average molecular weight is 305 g/mol. The van der Waals surface area contributed by atoms with E-state index < -0.39 is 0 Å². The normalized spacial score (nSPS) is 9.95. The molecule has 0 aliphatic heterocycles. The van der Waals surface area contributed by atoms with Crippen molar-refractivity contribution >= 4 is 39.8 Å². The zero-order valence-electron chi connectivity index (χ0n) is 10.4. The van der Waals surface area contributed by atoms with Crippen molar-refractivity contribution in [3.8, 4) is 6.07 Å². The fourth-order valence-electron chi connectivity index (χ4n) is 1.40. The van der Waals surface area contributed by atoms with E-state index in [-0.39, 0.29) is 11.7 Å². The van der Waals surface area contributed by atoms with Crippen LogP contribution in [0, 0.1) is 11.3 Å². The smallest absolute Gasteiger partial charge is 0.234 e. The highest BCUT2D eigenvalue weighted by Gasteiger charge is 2.07. The molecule has 0 radical (unpaired) electrons. The van der Waals surface area contributed by atoms with Crippen LogP contribution in [0.1, 0.15) is 5.56 Å². The SMILES string of the molecule is N#CCc1ccc(NC(=O)CSc2nnc(N)s2)cc1. The third kappa shape index (κ3) is 4.22. The third-order valence-corrected chi connectivity index (χ3v) is 4.16. The second-order valence-corrected chi connectivity index (χ2v) is 6.01. The lowest BCUT2D eigenvalue weighted by molar-refractivity contribution is -0.113. The topological polar surface area (TPSA) is 105 Å². The maximum Gasteiger partial charge on any atom is 0.234 e. The molecule has 0 unspecified atom stereocenters. The summed E-state index contributed by atoms with van der Waals surface area (Å²) >= 11 is 2.54. The number of nitrogens with one attached hydrogen (secondary N) is 1. The summed E-state index contributed by atoms with van der Waals surface area (Å²) in [6.45, 7) is 0. The second kappa shape index (κ2) is 6.88. The number of nitriles is 1. The largest absolute Gasteiger partial charge is 0.374 e. The molecule has 0 saturated heterocycles. The Hall–Kier alpha value is -2.11. The van der Waals surface area contributed by atoms with E-state index in [4.69, 9.17) is 11.0 Å². The van der Waals surface area contributed by atoms with Gasteiger partial charge in [0.05, 0.1) is 18.2 Å². The molecule has 1 heterocycles. The number of hydrogen-bond acceptors (Lipinski definition) is 7. The molecule has 0 aliphatic rings. The minimum absolute atomic E-state index is 0.128. The summed E-state index contributed by atoms with van der Waals surface area (Å²) in [7, 11) is 0. The first-order valence-electron chi connectivity index (χ1n) is 5.65. The molecule has 0 aliphatic carbocycles. The van der Waals surface area contributed by atoms with Gasteiger partial charge in [-0.05, 0) is 17.7 Å². The molecule has 0 fully saturated rings. The molecular formula is C12H11N5OS2. The predicted octanol–water partition coefficient (Wildman–Crippen LogP) is 1.92. The average Bonchev–Trinajstić information content (AvgIpc) is 2.85. The van der Waals surface area contributed by atoms with Crippen molar-refractivity contribution in [2.75, 3.05) is 16.8 Å². The maximum atomic E-state index is 11.7. The number of amides is 1. The van der Waals surface area contributed by atoms with E-state index in [0.717, 1.165) is 5.56 Å². The number of aromatic nitrogens is 2. The Balaban J connectivity index is 1.83. The minimum Gasteiger partial charge on any atom is -0.374 e. The lowest BCUT2D eigenvalue weighted by Gasteiger charge is -2.04. The van der Waals surface area contributed by atoms with Crippen molar-refractivity contribution in [1.29, 1.82) is 5.26 Å². The van der Waals surface area contributed by atoms with E-state index in [1.54, 1.807) is 12.1 Å². The summed E-state index contributed by atoms with van der Waals surface area (Å²) in [6, 6.07) is 9.26. The van der Waals surface area contributed by atoms with Crippen LogP contribution in [0.2, 0.25) is 0 Å². The van der Waals surface area contributed by atoms with E-state index in [1.807, 2.05) is 12.1 Å². The molecule has 8 heteroatoms. The summed E-state index contributed by atoms with van der Waals surface area (Å²) in [5.74, 6) is 0.117. The van der Waals surface area contributed by atoms with Gasteiger partial charge in [0.15, 0.2) is 4.34 Å². The number of thioether (sulfide) groups is 1. The highest BCUT2D eigenvalue weighted by atomic mass is 32.2. The standard InChI is InChI=1S/C12H11N5OS2/c13-6-5-8-1-3-9(4-2-8)15-10(18)7-19-12-17-16-11(14)20-12/h1-4H,5,7H2,(H2,14,16)(H,15,18).